The number of benzene rings is 1. The standard InChI is InChI=1S/C11H10N2O3/c14-9-6-13(7-10(15)12-9)11(16)8-4-2-1-3-5-8/h1-5H,6-7H2,(H,12,14,15). The maximum atomic E-state index is 11.9. The van der Waals surface area contributed by atoms with Gasteiger partial charge in [0.2, 0.25) is 11.8 Å². The van der Waals surface area contributed by atoms with Gasteiger partial charge in [0.05, 0.1) is 0 Å². The first-order valence-corrected chi connectivity index (χ1v) is 4.84. The average molecular weight is 218 g/mol. The van der Waals surface area contributed by atoms with Crippen LogP contribution in [-0.2, 0) is 9.59 Å². The lowest BCUT2D eigenvalue weighted by Crippen LogP contribution is -2.53. The van der Waals surface area contributed by atoms with E-state index in [1.165, 1.54) is 4.90 Å². The highest BCUT2D eigenvalue weighted by molar-refractivity contribution is 6.05. The lowest BCUT2D eigenvalue weighted by molar-refractivity contribution is -0.135. The third kappa shape index (κ3) is 2.08. The second-order valence-corrected chi connectivity index (χ2v) is 3.50. The van der Waals surface area contributed by atoms with Crippen LogP contribution >= 0.6 is 0 Å². The SMILES string of the molecule is O=C1CN(C(=O)c2ccccc2)CC(=O)N1. The van der Waals surface area contributed by atoms with Crippen LogP contribution in [0, 0.1) is 0 Å². The van der Waals surface area contributed by atoms with E-state index in [4.69, 9.17) is 0 Å². The Morgan fingerprint density at radius 1 is 1.06 bits per heavy atom. The van der Waals surface area contributed by atoms with Crippen LogP contribution in [0.5, 0.6) is 0 Å². The highest BCUT2D eigenvalue weighted by Gasteiger charge is 2.26. The molecule has 0 spiro atoms. The number of nitrogens with zero attached hydrogens (tertiary/aromatic N) is 1. The summed E-state index contributed by atoms with van der Waals surface area (Å²) in [4.78, 5) is 35.3. The van der Waals surface area contributed by atoms with Crippen molar-refractivity contribution in [3.8, 4) is 0 Å². The smallest absolute Gasteiger partial charge is 0.254 e. The van der Waals surface area contributed by atoms with E-state index in [2.05, 4.69) is 5.32 Å². The van der Waals surface area contributed by atoms with Crippen molar-refractivity contribution in [2.45, 2.75) is 0 Å². The van der Waals surface area contributed by atoms with E-state index in [1.54, 1.807) is 30.3 Å². The zero-order valence-corrected chi connectivity index (χ0v) is 8.47. The van der Waals surface area contributed by atoms with Crippen LogP contribution in [0.2, 0.25) is 0 Å². The number of carbonyl (C=O) groups excluding carboxylic acids is 3. The Labute approximate surface area is 92.0 Å². The molecular weight excluding hydrogens is 208 g/mol. The third-order valence-electron chi connectivity index (χ3n) is 2.26. The van der Waals surface area contributed by atoms with Crippen LogP contribution in [0.1, 0.15) is 10.4 Å². The Kier molecular flexibility index (Phi) is 2.68. The number of hydrogen-bond donors (Lipinski definition) is 1. The maximum absolute atomic E-state index is 11.9. The fourth-order valence-corrected chi connectivity index (χ4v) is 1.54. The molecule has 1 N–H and O–H groups in total. The fourth-order valence-electron chi connectivity index (χ4n) is 1.54. The average Bonchev–Trinajstić information content (AvgIpc) is 2.28. The summed E-state index contributed by atoms with van der Waals surface area (Å²) in [7, 11) is 0. The molecule has 0 aliphatic carbocycles. The van der Waals surface area contributed by atoms with E-state index in [0.717, 1.165) is 0 Å². The number of amides is 3. The minimum atomic E-state index is -0.444. The first kappa shape index (κ1) is 10.4. The van der Waals surface area contributed by atoms with Gasteiger partial charge in [0.1, 0.15) is 13.1 Å². The quantitative estimate of drug-likeness (QED) is 0.663. The van der Waals surface area contributed by atoms with Crippen LogP contribution < -0.4 is 5.32 Å². The molecule has 0 bridgehead atoms. The molecule has 0 unspecified atom stereocenters. The Bertz CT molecular complexity index is 426. The second-order valence-electron chi connectivity index (χ2n) is 3.50. The predicted molar refractivity (Wildman–Crippen MR) is 55.5 cm³/mol. The van der Waals surface area contributed by atoms with Crippen molar-refractivity contribution in [1.82, 2.24) is 10.2 Å². The fraction of sp³-hybridized carbons (Fsp3) is 0.182. The molecule has 0 saturated carbocycles. The van der Waals surface area contributed by atoms with Crippen LogP contribution in [0.3, 0.4) is 0 Å². The van der Waals surface area contributed by atoms with Crippen molar-refractivity contribution in [2.24, 2.45) is 0 Å². The summed E-state index contributed by atoms with van der Waals surface area (Å²) in [6.07, 6.45) is 0. The van der Waals surface area contributed by atoms with Gasteiger partial charge in [0, 0.05) is 5.56 Å². The van der Waals surface area contributed by atoms with E-state index in [1.807, 2.05) is 0 Å². The number of carbonyl (C=O) groups is 3. The molecule has 5 heteroatoms. The van der Waals surface area contributed by atoms with Crippen LogP contribution in [0.25, 0.3) is 0 Å². The van der Waals surface area contributed by atoms with Gasteiger partial charge in [-0.3, -0.25) is 19.7 Å². The summed E-state index contributed by atoms with van der Waals surface area (Å²) in [6, 6.07) is 8.57. The number of hydrogen-bond acceptors (Lipinski definition) is 3. The van der Waals surface area contributed by atoms with Gasteiger partial charge in [-0.05, 0) is 12.1 Å². The zero-order valence-electron chi connectivity index (χ0n) is 8.47. The first-order chi connectivity index (χ1) is 7.66. The van der Waals surface area contributed by atoms with Crippen molar-refractivity contribution in [1.29, 1.82) is 0 Å². The molecular formula is C11H10N2O3. The van der Waals surface area contributed by atoms with Crippen LogP contribution in [0.4, 0.5) is 0 Å². The van der Waals surface area contributed by atoms with E-state index < -0.39 is 11.8 Å². The minimum absolute atomic E-state index is 0.0700. The largest absolute Gasteiger partial charge is 0.320 e. The Morgan fingerprint density at radius 3 is 2.19 bits per heavy atom. The summed E-state index contributed by atoms with van der Waals surface area (Å²) in [6.45, 7) is -0.140. The topological polar surface area (TPSA) is 66.5 Å². The second kappa shape index (κ2) is 4.14. The lowest BCUT2D eigenvalue weighted by atomic mass is 10.2. The lowest BCUT2D eigenvalue weighted by Gasteiger charge is -2.25. The molecule has 1 aliphatic rings. The molecule has 1 aromatic carbocycles. The first-order valence-electron chi connectivity index (χ1n) is 4.84. The Balaban J connectivity index is 2.16. The van der Waals surface area contributed by atoms with Gasteiger partial charge < -0.3 is 4.90 Å². The molecule has 1 fully saturated rings. The number of piperazine rings is 1. The maximum Gasteiger partial charge on any atom is 0.254 e. The summed E-state index contributed by atoms with van der Waals surface area (Å²) in [5.74, 6) is -1.19. The van der Waals surface area contributed by atoms with Crippen molar-refractivity contribution in [3.63, 3.8) is 0 Å². The third-order valence-corrected chi connectivity index (χ3v) is 2.26. The monoisotopic (exact) mass is 218 g/mol. The summed E-state index contributed by atoms with van der Waals surface area (Å²) >= 11 is 0. The van der Waals surface area contributed by atoms with E-state index in [9.17, 15) is 14.4 Å². The van der Waals surface area contributed by atoms with Gasteiger partial charge >= 0.3 is 0 Å². The van der Waals surface area contributed by atoms with Crippen molar-refractivity contribution in [3.05, 3.63) is 35.9 Å². The summed E-state index contributed by atoms with van der Waals surface area (Å²) in [5, 5.41) is 2.14. The molecule has 0 atom stereocenters. The molecule has 2 rings (SSSR count). The molecule has 82 valence electrons. The van der Waals surface area contributed by atoms with Gasteiger partial charge in [0.15, 0.2) is 0 Å². The number of nitrogens with one attached hydrogen (secondary N) is 1. The van der Waals surface area contributed by atoms with Gasteiger partial charge in [-0.1, -0.05) is 18.2 Å². The van der Waals surface area contributed by atoms with E-state index in [0.29, 0.717) is 5.56 Å². The van der Waals surface area contributed by atoms with Gasteiger partial charge in [-0.2, -0.15) is 0 Å². The minimum Gasteiger partial charge on any atom is -0.320 e. The number of rotatable bonds is 1. The molecule has 16 heavy (non-hydrogen) atoms. The summed E-state index contributed by atoms with van der Waals surface area (Å²) in [5.41, 5.74) is 0.477. The molecule has 0 radical (unpaired) electrons. The molecule has 1 saturated heterocycles. The predicted octanol–water partition coefficient (Wildman–Crippen LogP) is -0.215. The Hall–Kier alpha value is -2.17. The van der Waals surface area contributed by atoms with Crippen LogP contribution in [-0.4, -0.2) is 35.7 Å². The number of imide groups is 1. The van der Waals surface area contributed by atoms with Gasteiger partial charge in [0.25, 0.3) is 5.91 Å². The molecule has 5 nitrogen and oxygen atoms in total. The van der Waals surface area contributed by atoms with Gasteiger partial charge in [-0.25, -0.2) is 0 Å². The normalized spacial score (nSPS) is 15.9. The van der Waals surface area contributed by atoms with Gasteiger partial charge in [-0.15, -0.1) is 0 Å². The molecule has 1 aromatic rings. The van der Waals surface area contributed by atoms with Crippen molar-refractivity contribution in [2.75, 3.05) is 13.1 Å². The molecule has 3 amide bonds. The molecule has 1 aliphatic heterocycles. The zero-order chi connectivity index (χ0) is 11.5. The highest BCUT2D eigenvalue weighted by atomic mass is 16.2. The van der Waals surface area contributed by atoms with Crippen molar-refractivity contribution >= 4 is 17.7 Å². The highest BCUT2D eigenvalue weighted by Crippen LogP contribution is 2.05. The summed E-state index contributed by atoms with van der Waals surface area (Å²) < 4.78 is 0. The van der Waals surface area contributed by atoms with E-state index in [-0.39, 0.29) is 19.0 Å². The van der Waals surface area contributed by atoms with Crippen molar-refractivity contribution < 1.29 is 14.4 Å². The molecule has 0 aromatic heterocycles. The van der Waals surface area contributed by atoms with E-state index >= 15 is 0 Å². The Morgan fingerprint density at radius 2 is 1.62 bits per heavy atom. The van der Waals surface area contributed by atoms with Crippen LogP contribution in [0.15, 0.2) is 30.3 Å². The molecule has 1 heterocycles.